The summed E-state index contributed by atoms with van der Waals surface area (Å²) in [4.78, 5) is 10.9. The Hall–Kier alpha value is -3.29. The van der Waals surface area contributed by atoms with Crippen LogP contribution in [-0.2, 0) is 6.54 Å². The van der Waals surface area contributed by atoms with Gasteiger partial charge in [0.05, 0.1) is 35.5 Å². The first-order chi connectivity index (χ1) is 13.9. The third-order valence-electron chi connectivity index (χ3n) is 5.06. The van der Waals surface area contributed by atoms with Crippen molar-refractivity contribution >= 4 is 11.4 Å². The molecule has 0 fully saturated rings. The first-order valence-corrected chi connectivity index (χ1v) is 9.31. The van der Waals surface area contributed by atoms with Gasteiger partial charge in [0.25, 0.3) is 0 Å². The summed E-state index contributed by atoms with van der Waals surface area (Å²) in [6.45, 7) is 8.25. The number of fused-ring (bicyclic) bond motifs is 1. The number of hydrogen-bond acceptors (Lipinski definition) is 5. The Morgan fingerprint density at radius 3 is 2.72 bits per heavy atom. The Kier molecular flexibility index (Phi) is 4.77. The van der Waals surface area contributed by atoms with Crippen LogP contribution in [0.3, 0.4) is 0 Å². The monoisotopic (exact) mass is 397 g/mol. The third-order valence-corrected chi connectivity index (χ3v) is 5.06. The van der Waals surface area contributed by atoms with E-state index in [0.29, 0.717) is 11.3 Å². The fourth-order valence-corrected chi connectivity index (χ4v) is 3.75. The van der Waals surface area contributed by atoms with E-state index in [2.05, 4.69) is 33.2 Å². The molecule has 0 amide bonds. The molecule has 1 atom stereocenters. The number of halogens is 2. The average Bonchev–Trinajstić information content (AvgIpc) is 3.24. The highest BCUT2D eigenvalue weighted by Crippen LogP contribution is 2.44. The third kappa shape index (κ3) is 3.35. The maximum absolute atomic E-state index is 12.5. The van der Waals surface area contributed by atoms with Crippen LogP contribution in [-0.4, -0.2) is 26.4 Å². The van der Waals surface area contributed by atoms with E-state index in [0.717, 1.165) is 34.8 Å². The van der Waals surface area contributed by atoms with Crippen LogP contribution in [0.15, 0.2) is 43.5 Å². The summed E-state index contributed by atoms with van der Waals surface area (Å²) in [5, 5.41) is 4.36. The lowest BCUT2D eigenvalue weighted by Gasteiger charge is -2.22. The number of rotatable bonds is 5. The van der Waals surface area contributed by atoms with E-state index < -0.39 is 6.61 Å². The van der Waals surface area contributed by atoms with Crippen LogP contribution in [0.1, 0.15) is 36.7 Å². The predicted molar refractivity (Wildman–Crippen MR) is 107 cm³/mol. The number of hydrogen-bond donors (Lipinski definition) is 0. The first-order valence-electron chi connectivity index (χ1n) is 9.31. The van der Waals surface area contributed by atoms with Crippen LogP contribution >= 0.6 is 0 Å². The van der Waals surface area contributed by atoms with Crippen molar-refractivity contribution in [1.29, 1.82) is 0 Å². The fraction of sp³-hybridized carbons (Fsp3) is 0.286. The Bertz CT molecular complexity index is 1080. The van der Waals surface area contributed by atoms with E-state index in [1.165, 1.54) is 12.3 Å². The zero-order valence-corrected chi connectivity index (χ0v) is 16.4. The zero-order valence-electron chi connectivity index (χ0n) is 16.4. The molecule has 0 N–H and O–H groups in total. The lowest BCUT2D eigenvalue weighted by molar-refractivity contribution is -0.0500. The van der Waals surface area contributed by atoms with E-state index in [1.807, 2.05) is 37.0 Å². The van der Waals surface area contributed by atoms with Crippen LogP contribution in [0, 0.1) is 6.92 Å². The minimum absolute atomic E-state index is 0.00326. The van der Waals surface area contributed by atoms with Crippen molar-refractivity contribution in [3.63, 3.8) is 0 Å². The fourth-order valence-electron chi connectivity index (χ4n) is 3.75. The average molecular weight is 397 g/mol. The molecule has 1 aliphatic rings. The number of ether oxygens (including phenoxy) is 1. The lowest BCUT2D eigenvalue weighted by atomic mass is 10.0. The van der Waals surface area contributed by atoms with Crippen molar-refractivity contribution in [2.45, 2.75) is 40.0 Å². The standard InChI is InChI=1S/C21H21F2N5O/c1-5-27-11-16(9-25-27)28-13(3)19-12(2)6-18(26-20(19)14(28)4)15-7-17(10-24-8-15)29-21(22)23/h6-11,14,21H,3,5H2,1-2,4H3. The van der Waals surface area contributed by atoms with Gasteiger partial charge in [-0.05, 0) is 38.5 Å². The van der Waals surface area contributed by atoms with Gasteiger partial charge >= 0.3 is 6.61 Å². The van der Waals surface area contributed by atoms with Gasteiger partial charge in [-0.1, -0.05) is 6.58 Å². The Balaban J connectivity index is 1.74. The van der Waals surface area contributed by atoms with Crippen LogP contribution in [0.25, 0.3) is 17.0 Å². The number of pyridine rings is 2. The molecule has 29 heavy (non-hydrogen) atoms. The minimum Gasteiger partial charge on any atom is -0.433 e. The quantitative estimate of drug-likeness (QED) is 0.618. The van der Waals surface area contributed by atoms with Gasteiger partial charge in [-0.25, -0.2) is 4.98 Å². The summed E-state index contributed by atoms with van der Waals surface area (Å²) in [5.41, 5.74) is 5.98. The molecule has 150 valence electrons. The van der Waals surface area contributed by atoms with E-state index >= 15 is 0 Å². The second-order valence-corrected chi connectivity index (χ2v) is 6.92. The van der Waals surface area contributed by atoms with E-state index in [-0.39, 0.29) is 11.8 Å². The topological polar surface area (TPSA) is 56.1 Å². The molecule has 0 aliphatic carbocycles. The maximum Gasteiger partial charge on any atom is 0.387 e. The number of aromatic nitrogens is 4. The molecule has 0 saturated carbocycles. The van der Waals surface area contributed by atoms with Gasteiger partial charge in [0, 0.05) is 35.8 Å². The Morgan fingerprint density at radius 2 is 2.03 bits per heavy atom. The number of anilines is 1. The highest BCUT2D eigenvalue weighted by Gasteiger charge is 2.34. The largest absolute Gasteiger partial charge is 0.433 e. The van der Waals surface area contributed by atoms with Gasteiger partial charge in [0.15, 0.2) is 0 Å². The molecule has 1 aliphatic heterocycles. The molecule has 0 saturated heterocycles. The summed E-state index contributed by atoms with van der Waals surface area (Å²) in [6.07, 6.45) is 6.65. The Labute approximate surface area is 167 Å². The molecule has 1 unspecified atom stereocenters. The molecule has 6 nitrogen and oxygen atoms in total. The van der Waals surface area contributed by atoms with Crippen molar-refractivity contribution in [3.8, 4) is 17.0 Å². The molecule has 0 radical (unpaired) electrons. The summed E-state index contributed by atoms with van der Waals surface area (Å²) < 4.78 is 31.4. The van der Waals surface area contributed by atoms with E-state index in [4.69, 9.17) is 4.98 Å². The van der Waals surface area contributed by atoms with Crippen LogP contribution in [0.4, 0.5) is 14.5 Å². The van der Waals surface area contributed by atoms with Crippen LogP contribution in [0.2, 0.25) is 0 Å². The maximum atomic E-state index is 12.5. The van der Waals surface area contributed by atoms with Gasteiger partial charge in [0.2, 0.25) is 0 Å². The molecular weight excluding hydrogens is 376 g/mol. The summed E-state index contributed by atoms with van der Waals surface area (Å²) in [6, 6.07) is 3.39. The van der Waals surface area contributed by atoms with Crippen molar-refractivity contribution in [3.05, 3.63) is 60.3 Å². The number of nitrogens with zero attached hydrogens (tertiary/aromatic N) is 5. The van der Waals surface area contributed by atoms with Crippen molar-refractivity contribution < 1.29 is 13.5 Å². The molecule has 4 rings (SSSR count). The van der Waals surface area contributed by atoms with Crippen molar-refractivity contribution in [1.82, 2.24) is 19.7 Å². The van der Waals surface area contributed by atoms with E-state index in [1.54, 1.807) is 6.20 Å². The molecule has 3 aromatic rings. The van der Waals surface area contributed by atoms with E-state index in [9.17, 15) is 8.78 Å². The predicted octanol–water partition coefficient (Wildman–Crippen LogP) is 4.82. The van der Waals surface area contributed by atoms with Gasteiger partial charge in [-0.15, -0.1) is 0 Å². The van der Waals surface area contributed by atoms with Gasteiger partial charge < -0.3 is 9.64 Å². The summed E-state index contributed by atoms with van der Waals surface area (Å²) >= 11 is 0. The van der Waals surface area contributed by atoms with Crippen LogP contribution in [0.5, 0.6) is 5.75 Å². The molecular formula is C21H21F2N5O. The van der Waals surface area contributed by atoms with Crippen molar-refractivity contribution in [2.75, 3.05) is 4.90 Å². The summed E-state index contributed by atoms with van der Waals surface area (Å²) in [5.74, 6) is 0.00326. The molecule has 8 heteroatoms. The molecule has 4 heterocycles. The molecule has 0 aromatic carbocycles. The number of aryl methyl sites for hydroxylation is 2. The minimum atomic E-state index is -2.90. The second-order valence-electron chi connectivity index (χ2n) is 6.92. The van der Waals surface area contributed by atoms with Gasteiger partial charge in [-0.3, -0.25) is 9.67 Å². The lowest BCUT2D eigenvalue weighted by Crippen LogP contribution is -2.17. The smallest absolute Gasteiger partial charge is 0.387 e. The Morgan fingerprint density at radius 1 is 1.24 bits per heavy atom. The molecule has 3 aromatic heterocycles. The zero-order chi connectivity index (χ0) is 20.7. The van der Waals surface area contributed by atoms with Crippen LogP contribution < -0.4 is 9.64 Å². The van der Waals surface area contributed by atoms with Gasteiger partial charge in [0.1, 0.15) is 5.75 Å². The molecule has 0 spiro atoms. The van der Waals surface area contributed by atoms with Gasteiger partial charge in [-0.2, -0.15) is 13.9 Å². The first kappa shape index (κ1) is 19.0. The SMILES string of the molecule is C=C1c2c(C)cc(-c3cncc(OC(F)F)c3)nc2C(C)N1c1cnn(CC)c1. The highest BCUT2D eigenvalue weighted by atomic mass is 19.3. The number of alkyl halides is 2. The van der Waals surface area contributed by atoms with Crippen molar-refractivity contribution in [2.24, 2.45) is 0 Å². The normalized spacial score (nSPS) is 15.9. The highest BCUT2D eigenvalue weighted by molar-refractivity contribution is 5.86. The second kappa shape index (κ2) is 7.27. The molecule has 0 bridgehead atoms. The summed E-state index contributed by atoms with van der Waals surface area (Å²) in [7, 11) is 0.